The molecule has 3 nitrogen and oxygen atoms in total. The van der Waals surface area contributed by atoms with E-state index in [-0.39, 0.29) is 6.61 Å². The zero-order valence-electron chi connectivity index (χ0n) is 11.1. The molecule has 1 heterocycles. The summed E-state index contributed by atoms with van der Waals surface area (Å²) in [6.45, 7) is 8.53. The highest BCUT2D eigenvalue weighted by molar-refractivity contribution is 4.78. The second-order valence-electron chi connectivity index (χ2n) is 5.82. The maximum absolute atomic E-state index is 8.98. The zero-order valence-corrected chi connectivity index (χ0v) is 11.1. The lowest BCUT2D eigenvalue weighted by Crippen LogP contribution is -2.40. The molecule has 1 saturated heterocycles. The Bertz CT molecular complexity index is 194. The van der Waals surface area contributed by atoms with Crippen LogP contribution >= 0.6 is 0 Å². The van der Waals surface area contributed by atoms with Crippen LogP contribution in [-0.4, -0.2) is 49.3 Å². The summed E-state index contributed by atoms with van der Waals surface area (Å²) in [4.78, 5) is 2.55. The number of aliphatic hydroxyl groups is 1. The van der Waals surface area contributed by atoms with Crippen molar-refractivity contribution in [2.45, 2.75) is 45.6 Å². The van der Waals surface area contributed by atoms with Crippen LogP contribution in [0.2, 0.25) is 0 Å². The van der Waals surface area contributed by atoms with Crippen molar-refractivity contribution in [3.63, 3.8) is 0 Å². The van der Waals surface area contributed by atoms with Gasteiger partial charge in [0.05, 0.1) is 0 Å². The Kier molecular flexibility index (Phi) is 5.73. The van der Waals surface area contributed by atoms with Crippen molar-refractivity contribution in [1.29, 1.82) is 0 Å². The molecule has 1 fully saturated rings. The fourth-order valence-corrected chi connectivity index (χ4v) is 2.46. The van der Waals surface area contributed by atoms with Gasteiger partial charge in [-0.1, -0.05) is 13.8 Å². The molecule has 1 atom stereocenters. The number of hydrogen-bond acceptors (Lipinski definition) is 3. The van der Waals surface area contributed by atoms with E-state index < -0.39 is 0 Å². The van der Waals surface area contributed by atoms with Gasteiger partial charge in [-0.15, -0.1) is 0 Å². The minimum Gasteiger partial charge on any atom is -0.396 e. The first-order valence-electron chi connectivity index (χ1n) is 6.58. The van der Waals surface area contributed by atoms with Crippen LogP contribution in [-0.2, 0) is 0 Å². The third kappa shape index (κ3) is 4.81. The van der Waals surface area contributed by atoms with Crippen LogP contribution < -0.4 is 5.32 Å². The molecule has 1 aliphatic heterocycles. The van der Waals surface area contributed by atoms with E-state index in [4.69, 9.17) is 5.11 Å². The smallest absolute Gasteiger partial charge is 0.0446 e. The number of rotatable bonds is 5. The predicted molar refractivity (Wildman–Crippen MR) is 68.6 cm³/mol. The molecule has 0 aliphatic carbocycles. The standard InChI is InChI=1S/C13H28N2O/c1-13(2)6-4-8-15(9-7-13)11-12(14-3)5-10-16/h12,14,16H,4-11H2,1-3H3. The van der Waals surface area contributed by atoms with E-state index >= 15 is 0 Å². The first-order valence-corrected chi connectivity index (χ1v) is 6.58. The number of likely N-dealkylation sites (N-methyl/N-ethyl adjacent to an activating group) is 1. The van der Waals surface area contributed by atoms with E-state index in [0.717, 1.165) is 13.0 Å². The van der Waals surface area contributed by atoms with E-state index in [2.05, 4.69) is 24.1 Å². The molecular weight excluding hydrogens is 200 g/mol. The van der Waals surface area contributed by atoms with Crippen molar-refractivity contribution in [3.05, 3.63) is 0 Å². The molecule has 0 aromatic rings. The number of aliphatic hydroxyl groups excluding tert-OH is 1. The molecule has 0 amide bonds. The molecule has 3 heteroatoms. The summed E-state index contributed by atoms with van der Waals surface area (Å²) in [5, 5.41) is 12.3. The Morgan fingerprint density at radius 3 is 2.69 bits per heavy atom. The summed E-state index contributed by atoms with van der Waals surface area (Å²) < 4.78 is 0. The van der Waals surface area contributed by atoms with Gasteiger partial charge in [-0.25, -0.2) is 0 Å². The predicted octanol–water partition coefficient (Wildman–Crippen LogP) is 1.47. The molecule has 0 aromatic heterocycles. The summed E-state index contributed by atoms with van der Waals surface area (Å²) in [5.41, 5.74) is 0.515. The van der Waals surface area contributed by atoms with Crippen LogP contribution in [0.3, 0.4) is 0 Å². The monoisotopic (exact) mass is 228 g/mol. The number of nitrogens with zero attached hydrogens (tertiary/aromatic N) is 1. The van der Waals surface area contributed by atoms with Gasteiger partial charge in [0.2, 0.25) is 0 Å². The average Bonchev–Trinajstić information content (AvgIpc) is 2.40. The van der Waals surface area contributed by atoms with Crippen molar-refractivity contribution in [3.8, 4) is 0 Å². The van der Waals surface area contributed by atoms with Crippen molar-refractivity contribution in [2.24, 2.45) is 5.41 Å². The average molecular weight is 228 g/mol. The van der Waals surface area contributed by atoms with Gasteiger partial charge in [0.15, 0.2) is 0 Å². The fraction of sp³-hybridized carbons (Fsp3) is 1.00. The van der Waals surface area contributed by atoms with Gasteiger partial charge < -0.3 is 15.3 Å². The maximum Gasteiger partial charge on any atom is 0.0446 e. The van der Waals surface area contributed by atoms with Crippen LogP contribution in [0.1, 0.15) is 39.5 Å². The topological polar surface area (TPSA) is 35.5 Å². The lowest BCUT2D eigenvalue weighted by molar-refractivity contribution is 0.210. The van der Waals surface area contributed by atoms with Crippen LogP contribution in [0.15, 0.2) is 0 Å². The van der Waals surface area contributed by atoms with Gasteiger partial charge >= 0.3 is 0 Å². The molecular formula is C13H28N2O. The second kappa shape index (κ2) is 6.58. The molecule has 2 N–H and O–H groups in total. The Hall–Kier alpha value is -0.120. The third-order valence-corrected chi connectivity index (χ3v) is 3.80. The largest absolute Gasteiger partial charge is 0.396 e. The Labute approximate surface area is 100 Å². The third-order valence-electron chi connectivity index (χ3n) is 3.80. The molecule has 1 aliphatic rings. The van der Waals surface area contributed by atoms with Crippen molar-refractivity contribution >= 4 is 0 Å². The van der Waals surface area contributed by atoms with Crippen molar-refractivity contribution in [2.75, 3.05) is 33.3 Å². The van der Waals surface area contributed by atoms with Gasteiger partial charge in [0, 0.05) is 19.2 Å². The zero-order chi connectivity index (χ0) is 12.0. The SMILES string of the molecule is CNC(CCO)CN1CCCC(C)(C)CC1. The molecule has 0 spiro atoms. The summed E-state index contributed by atoms with van der Waals surface area (Å²) in [6, 6.07) is 0.436. The lowest BCUT2D eigenvalue weighted by atomic mass is 9.85. The van der Waals surface area contributed by atoms with Gasteiger partial charge in [0.1, 0.15) is 0 Å². The van der Waals surface area contributed by atoms with Crippen molar-refractivity contribution < 1.29 is 5.11 Å². The van der Waals surface area contributed by atoms with E-state index in [1.165, 1.54) is 32.4 Å². The fourth-order valence-electron chi connectivity index (χ4n) is 2.46. The van der Waals surface area contributed by atoms with Gasteiger partial charge in [0.25, 0.3) is 0 Å². The normalized spacial score (nSPS) is 24.0. The highest BCUT2D eigenvalue weighted by Crippen LogP contribution is 2.29. The maximum atomic E-state index is 8.98. The molecule has 0 aromatic carbocycles. The van der Waals surface area contributed by atoms with Crippen LogP contribution in [0, 0.1) is 5.41 Å². The quantitative estimate of drug-likeness (QED) is 0.748. The first-order chi connectivity index (χ1) is 7.57. The Morgan fingerprint density at radius 2 is 2.06 bits per heavy atom. The lowest BCUT2D eigenvalue weighted by Gasteiger charge is -2.26. The summed E-state index contributed by atoms with van der Waals surface area (Å²) in [7, 11) is 1.99. The molecule has 0 saturated carbocycles. The van der Waals surface area contributed by atoms with E-state index in [9.17, 15) is 0 Å². The number of likely N-dealkylation sites (tertiary alicyclic amines) is 1. The van der Waals surface area contributed by atoms with Gasteiger partial charge in [-0.05, 0) is 51.2 Å². The first kappa shape index (κ1) is 13.9. The molecule has 0 bridgehead atoms. The van der Waals surface area contributed by atoms with E-state index in [1.54, 1.807) is 0 Å². The van der Waals surface area contributed by atoms with Gasteiger partial charge in [-0.3, -0.25) is 0 Å². The number of nitrogens with one attached hydrogen (secondary N) is 1. The summed E-state index contributed by atoms with van der Waals surface area (Å²) in [5.74, 6) is 0. The van der Waals surface area contributed by atoms with E-state index in [0.29, 0.717) is 11.5 Å². The molecule has 96 valence electrons. The van der Waals surface area contributed by atoms with E-state index in [1.807, 2.05) is 7.05 Å². The minimum absolute atomic E-state index is 0.283. The van der Waals surface area contributed by atoms with Crippen LogP contribution in [0.25, 0.3) is 0 Å². The van der Waals surface area contributed by atoms with Crippen molar-refractivity contribution in [1.82, 2.24) is 10.2 Å². The molecule has 1 rings (SSSR count). The van der Waals surface area contributed by atoms with Gasteiger partial charge in [-0.2, -0.15) is 0 Å². The number of hydrogen-bond donors (Lipinski definition) is 2. The Balaban J connectivity index is 2.36. The highest BCUT2D eigenvalue weighted by atomic mass is 16.3. The highest BCUT2D eigenvalue weighted by Gasteiger charge is 2.23. The summed E-state index contributed by atoms with van der Waals surface area (Å²) in [6.07, 6.45) is 4.80. The van der Waals surface area contributed by atoms with Crippen LogP contribution in [0.4, 0.5) is 0 Å². The molecule has 1 unspecified atom stereocenters. The molecule has 16 heavy (non-hydrogen) atoms. The van der Waals surface area contributed by atoms with Crippen LogP contribution in [0.5, 0.6) is 0 Å². The summed E-state index contributed by atoms with van der Waals surface area (Å²) >= 11 is 0. The second-order valence-corrected chi connectivity index (χ2v) is 5.82. The molecule has 0 radical (unpaired) electrons. The Morgan fingerprint density at radius 1 is 1.31 bits per heavy atom. The minimum atomic E-state index is 0.283.